The molecule has 0 aliphatic heterocycles. The van der Waals surface area contributed by atoms with Gasteiger partial charge in [0.2, 0.25) is 0 Å². The fraction of sp³-hybridized carbons (Fsp3) is 0.500. The zero-order valence-electron chi connectivity index (χ0n) is 10.5. The molecule has 17 heavy (non-hydrogen) atoms. The second-order valence-electron chi connectivity index (χ2n) is 3.86. The highest BCUT2D eigenvalue weighted by molar-refractivity contribution is 7.09. The van der Waals surface area contributed by atoms with Crippen LogP contribution in [-0.4, -0.2) is 21.1 Å². The maximum absolute atomic E-state index is 4.48. The van der Waals surface area contributed by atoms with Gasteiger partial charge in [-0.3, -0.25) is 0 Å². The van der Waals surface area contributed by atoms with Crippen molar-refractivity contribution in [1.29, 1.82) is 0 Å². The monoisotopic (exact) mass is 250 g/mol. The molecule has 0 spiro atoms. The van der Waals surface area contributed by atoms with Crippen molar-refractivity contribution in [3.63, 3.8) is 0 Å². The summed E-state index contributed by atoms with van der Waals surface area (Å²) in [5.41, 5.74) is 2.99. The molecule has 0 amide bonds. The van der Waals surface area contributed by atoms with E-state index in [2.05, 4.69) is 40.6 Å². The number of hydrogen-bond donors (Lipinski definition) is 1. The number of rotatable bonds is 5. The summed E-state index contributed by atoms with van der Waals surface area (Å²) in [4.78, 5) is 10.1. The molecule has 2 rings (SSSR count). The zero-order chi connectivity index (χ0) is 12.3. The van der Waals surface area contributed by atoms with E-state index in [1.165, 1.54) is 4.88 Å². The lowest BCUT2D eigenvalue weighted by Gasteiger charge is -2.17. The fourth-order valence-electron chi connectivity index (χ4n) is 1.94. The van der Waals surface area contributed by atoms with E-state index in [-0.39, 0.29) is 6.04 Å². The second-order valence-corrected chi connectivity index (χ2v) is 4.75. The highest BCUT2D eigenvalue weighted by Crippen LogP contribution is 2.26. The van der Waals surface area contributed by atoms with E-state index in [1.807, 2.05) is 17.9 Å². The van der Waals surface area contributed by atoms with Crippen molar-refractivity contribution >= 4 is 11.3 Å². The van der Waals surface area contributed by atoms with Crippen LogP contribution >= 0.6 is 11.3 Å². The van der Waals surface area contributed by atoms with Gasteiger partial charge in [-0.1, -0.05) is 6.92 Å². The van der Waals surface area contributed by atoms with Gasteiger partial charge >= 0.3 is 0 Å². The molecule has 92 valence electrons. The summed E-state index contributed by atoms with van der Waals surface area (Å²) in [6.45, 7) is 8.15. The number of hydrogen-bond acceptors (Lipinski definition) is 4. The van der Waals surface area contributed by atoms with Crippen LogP contribution < -0.4 is 5.32 Å². The van der Waals surface area contributed by atoms with E-state index in [1.54, 1.807) is 11.3 Å². The molecule has 2 aromatic rings. The summed E-state index contributed by atoms with van der Waals surface area (Å²) < 4.78 is 2.17. The van der Waals surface area contributed by atoms with E-state index in [4.69, 9.17) is 0 Å². The predicted octanol–water partition coefficient (Wildman–Crippen LogP) is 2.37. The van der Waals surface area contributed by atoms with E-state index in [0.717, 1.165) is 24.6 Å². The average molecular weight is 250 g/mol. The number of aromatic nitrogens is 3. The number of nitrogens with zero attached hydrogens (tertiary/aromatic N) is 3. The summed E-state index contributed by atoms with van der Waals surface area (Å²) in [6, 6.07) is 0.155. The molecular weight excluding hydrogens is 232 g/mol. The van der Waals surface area contributed by atoms with Crippen molar-refractivity contribution in [2.24, 2.45) is 0 Å². The molecular formula is C12H18N4S. The third-order valence-electron chi connectivity index (χ3n) is 2.80. The van der Waals surface area contributed by atoms with Crippen LogP contribution in [0.4, 0.5) is 0 Å². The van der Waals surface area contributed by atoms with E-state index in [0.29, 0.717) is 0 Å². The first-order chi connectivity index (χ1) is 8.27. The summed E-state index contributed by atoms with van der Waals surface area (Å²) in [6.07, 6.45) is 3.88. The highest BCUT2D eigenvalue weighted by atomic mass is 32.1. The Morgan fingerprint density at radius 2 is 2.24 bits per heavy atom. The Kier molecular flexibility index (Phi) is 3.91. The van der Waals surface area contributed by atoms with Gasteiger partial charge in [0.25, 0.3) is 0 Å². The Morgan fingerprint density at radius 3 is 2.82 bits per heavy atom. The van der Waals surface area contributed by atoms with Crippen LogP contribution in [0, 0.1) is 6.92 Å². The number of thiazole rings is 1. The van der Waals surface area contributed by atoms with Crippen LogP contribution in [0.2, 0.25) is 0 Å². The van der Waals surface area contributed by atoms with Gasteiger partial charge in [0, 0.05) is 18.9 Å². The van der Waals surface area contributed by atoms with Crippen molar-refractivity contribution in [3.05, 3.63) is 34.3 Å². The van der Waals surface area contributed by atoms with Gasteiger partial charge in [-0.15, -0.1) is 11.3 Å². The first-order valence-electron chi connectivity index (χ1n) is 5.92. The standard InChI is InChI=1S/C12H18N4S/c1-4-13-10(11-9(3)15-8-17-11)12-14-6-7-16(12)5-2/h6-8,10,13H,4-5H2,1-3H3. The van der Waals surface area contributed by atoms with Gasteiger partial charge < -0.3 is 9.88 Å². The Bertz CT molecular complexity index is 474. The van der Waals surface area contributed by atoms with Crippen molar-refractivity contribution in [2.75, 3.05) is 6.54 Å². The van der Waals surface area contributed by atoms with Crippen LogP contribution in [-0.2, 0) is 6.54 Å². The Balaban J connectivity index is 2.39. The summed E-state index contributed by atoms with van der Waals surface area (Å²) >= 11 is 1.69. The molecule has 2 aromatic heterocycles. The highest BCUT2D eigenvalue weighted by Gasteiger charge is 2.21. The van der Waals surface area contributed by atoms with E-state index >= 15 is 0 Å². The van der Waals surface area contributed by atoms with Gasteiger partial charge in [-0.05, 0) is 20.4 Å². The maximum atomic E-state index is 4.48. The van der Waals surface area contributed by atoms with Gasteiger partial charge in [0.15, 0.2) is 0 Å². The minimum atomic E-state index is 0.155. The van der Waals surface area contributed by atoms with Gasteiger partial charge in [0.1, 0.15) is 11.9 Å². The second kappa shape index (κ2) is 5.42. The average Bonchev–Trinajstić information content (AvgIpc) is 2.94. The molecule has 2 heterocycles. The minimum absolute atomic E-state index is 0.155. The number of imidazole rings is 1. The van der Waals surface area contributed by atoms with Crippen molar-refractivity contribution in [1.82, 2.24) is 19.9 Å². The largest absolute Gasteiger partial charge is 0.334 e. The number of aryl methyl sites for hydroxylation is 2. The van der Waals surface area contributed by atoms with Crippen molar-refractivity contribution < 1.29 is 0 Å². The van der Waals surface area contributed by atoms with Crippen LogP contribution in [0.1, 0.15) is 36.3 Å². The molecule has 1 atom stereocenters. The molecule has 0 aliphatic rings. The van der Waals surface area contributed by atoms with E-state index in [9.17, 15) is 0 Å². The molecule has 0 aromatic carbocycles. The van der Waals surface area contributed by atoms with Crippen LogP contribution in [0.25, 0.3) is 0 Å². The van der Waals surface area contributed by atoms with E-state index < -0.39 is 0 Å². The predicted molar refractivity (Wildman–Crippen MR) is 70.3 cm³/mol. The van der Waals surface area contributed by atoms with Gasteiger partial charge in [-0.2, -0.15) is 0 Å². The van der Waals surface area contributed by atoms with Gasteiger partial charge in [-0.25, -0.2) is 9.97 Å². The lowest BCUT2D eigenvalue weighted by atomic mass is 10.2. The minimum Gasteiger partial charge on any atom is -0.334 e. The molecule has 0 bridgehead atoms. The SMILES string of the molecule is CCNC(c1scnc1C)c1nccn1CC. The van der Waals surface area contributed by atoms with Crippen molar-refractivity contribution in [3.8, 4) is 0 Å². The van der Waals surface area contributed by atoms with Crippen molar-refractivity contribution in [2.45, 2.75) is 33.4 Å². The third kappa shape index (κ3) is 2.40. The molecule has 5 heteroatoms. The third-order valence-corrected chi connectivity index (χ3v) is 3.80. The summed E-state index contributed by atoms with van der Waals surface area (Å²) in [5, 5.41) is 3.49. The molecule has 0 radical (unpaired) electrons. The lowest BCUT2D eigenvalue weighted by molar-refractivity contribution is 0.563. The number of nitrogens with one attached hydrogen (secondary N) is 1. The molecule has 1 unspecified atom stereocenters. The zero-order valence-corrected chi connectivity index (χ0v) is 11.3. The smallest absolute Gasteiger partial charge is 0.131 e. The lowest BCUT2D eigenvalue weighted by Crippen LogP contribution is -2.25. The van der Waals surface area contributed by atoms with Crippen LogP contribution in [0.3, 0.4) is 0 Å². The summed E-state index contributed by atoms with van der Waals surface area (Å²) in [5.74, 6) is 1.07. The topological polar surface area (TPSA) is 42.7 Å². The normalized spacial score (nSPS) is 12.9. The van der Waals surface area contributed by atoms with Crippen LogP contribution in [0.15, 0.2) is 17.9 Å². The molecule has 0 saturated carbocycles. The summed E-state index contributed by atoms with van der Waals surface area (Å²) in [7, 11) is 0. The molecule has 0 saturated heterocycles. The Labute approximate surface area is 106 Å². The first-order valence-corrected chi connectivity index (χ1v) is 6.80. The van der Waals surface area contributed by atoms with Gasteiger partial charge in [0.05, 0.1) is 16.1 Å². The van der Waals surface area contributed by atoms with Crippen LogP contribution in [0.5, 0.6) is 0 Å². The maximum Gasteiger partial charge on any atom is 0.131 e. The quantitative estimate of drug-likeness (QED) is 0.886. The molecule has 4 nitrogen and oxygen atoms in total. The first kappa shape index (κ1) is 12.3. The fourth-order valence-corrected chi connectivity index (χ4v) is 2.81. The molecule has 0 fully saturated rings. The Morgan fingerprint density at radius 1 is 1.41 bits per heavy atom. The Hall–Kier alpha value is -1.20. The molecule has 0 aliphatic carbocycles. The molecule has 1 N–H and O–H groups in total.